The third-order valence-corrected chi connectivity index (χ3v) is 1.91. The molecular formula is C8H12O3. The lowest BCUT2D eigenvalue weighted by molar-refractivity contribution is -0.163. The molecule has 0 saturated carbocycles. The Morgan fingerprint density at radius 2 is 2.36 bits per heavy atom. The minimum atomic E-state index is -1.26. The van der Waals surface area contributed by atoms with E-state index in [1.807, 2.05) is 6.08 Å². The van der Waals surface area contributed by atoms with Crippen LogP contribution in [0.15, 0.2) is 12.2 Å². The molecule has 0 aliphatic heterocycles. The predicted molar refractivity (Wildman–Crippen MR) is 40.0 cm³/mol. The third kappa shape index (κ3) is 1.60. The van der Waals surface area contributed by atoms with Crippen molar-refractivity contribution in [2.24, 2.45) is 0 Å². The fourth-order valence-corrected chi connectivity index (χ4v) is 1.20. The van der Waals surface area contributed by atoms with E-state index in [0.29, 0.717) is 12.8 Å². The van der Waals surface area contributed by atoms with Gasteiger partial charge in [-0.15, -0.1) is 0 Å². The summed E-state index contributed by atoms with van der Waals surface area (Å²) in [5.41, 5.74) is -1.26. The Bertz CT molecular complexity index is 186. The van der Waals surface area contributed by atoms with Gasteiger partial charge in [0.25, 0.3) is 0 Å². The lowest BCUT2D eigenvalue weighted by Crippen LogP contribution is -2.40. The van der Waals surface area contributed by atoms with Gasteiger partial charge in [-0.25, -0.2) is 4.79 Å². The monoisotopic (exact) mass is 158 g/mol. The predicted octanol–water partition coefficient (Wildman–Crippen LogP) is 0.631. The van der Waals surface area contributed by atoms with Crippen LogP contribution >= 0.6 is 0 Å². The van der Waals surface area contributed by atoms with E-state index < -0.39 is 11.6 Å². The van der Waals surface area contributed by atoms with Crippen molar-refractivity contribution in [3.05, 3.63) is 12.2 Å². The first kappa shape index (κ1) is 8.27. The van der Waals surface area contributed by atoms with Gasteiger partial charge in [0.15, 0.2) is 5.60 Å². The topological polar surface area (TPSA) is 46.5 Å². The van der Waals surface area contributed by atoms with Crippen LogP contribution < -0.4 is 0 Å². The SMILES string of the molecule is CO[13C](=O)[13C@]1(O)CC=CCC1. The summed E-state index contributed by atoms with van der Waals surface area (Å²) in [6.45, 7) is 0. The van der Waals surface area contributed by atoms with Gasteiger partial charge in [-0.2, -0.15) is 0 Å². The molecule has 0 heterocycles. The number of allylic oxidation sites excluding steroid dienone is 1. The number of hydrogen-bond donors (Lipinski definition) is 1. The Morgan fingerprint density at radius 1 is 1.64 bits per heavy atom. The van der Waals surface area contributed by atoms with E-state index in [1.54, 1.807) is 6.08 Å². The maximum Gasteiger partial charge on any atom is 0.338 e. The number of carbonyl (C=O) groups excluding carboxylic acids is 1. The maximum atomic E-state index is 11.0. The molecule has 0 amide bonds. The minimum absolute atomic E-state index is 0.375. The molecule has 1 N–H and O–H groups in total. The Morgan fingerprint density at radius 3 is 2.82 bits per heavy atom. The highest BCUT2D eigenvalue weighted by atomic mass is 16.7. The van der Waals surface area contributed by atoms with Crippen LogP contribution in [0.1, 0.15) is 19.3 Å². The highest BCUT2D eigenvalue weighted by molar-refractivity contribution is 5.79. The number of esters is 1. The summed E-state index contributed by atoms with van der Waals surface area (Å²) in [4.78, 5) is 11.0. The zero-order valence-corrected chi connectivity index (χ0v) is 6.54. The van der Waals surface area contributed by atoms with E-state index >= 15 is 0 Å². The van der Waals surface area contributed by atoms with Gasteiger partial charge in [0.2, 0.25) is 0 Å². The molecule has 11 heavy (non-hydrogen) atoms. The number of aliphatic hydroxyl groups is 1. The van der Waals surface area contributed by atoms with Crippen LogP contribution in [0.2, 0.25) is 0 Å². The van der Waals surface area contributed by atoms with E-state index in [1.165, 1.54) is 7.11 Å². The van der Waals surface area contributed by atoms with E-state index in [0.717, 1.165) is 6.42 Å². The van der Waals surface area contributed by atoms with Crippen molar-refractivity contribution in [2.45, 2.75) is 24.9 Å². The highest BCUT2D eigenvalue weighted by Gasteiger charge is 2.36. The average molecular weight is 158 g/mol. The molecule has 1 rings (SSSR count). The minimum Gasteiger partial charge on any atom is -0.467 e. The summed E-state index contributed by atoms with van der Waals surface area (Å²) in [6, 6.07) is 0. The second-order valence-electron chi connectivity index (χ2n) is 2.74. The van der Waals surface area contributed by atoms with Gasteiger partial charge >= 0.3 is 5.97 Å². The molecule has 3 heteroatoms. The average Bonchev–Trinajstić information content (AvgIpc) is 2.04. The van der Waals surface area contributed by atoms with Crippen molar-refractivity contribution >= 4 is 5.97 Å². The van der Waals surface area contributed by atoms with Crippen LogP contribution in [0.25, 0.3) is 0 Å². The lowest BCUT2D eigenvalue weighted by atomic mass is 10.2. The number of hydrogen-bond acceptors (Lipinski definition) is 3. The molecule has 0 bridgehead atoms. The molecule has 1 atom stereocenters. The van der Waals surface area contributed by atoms with Gasteiger partial charge in [0, 0.05) is 6.42 Å². The number of carbonyl (C=O) groups is 1. The summed E-state index contributed by atoms with van der Waals surface area (Å²) in [5.74, 6) is -0.526. The first-order chi connectivity index (χ1) is 5.19. The van der Waals surface area contributed by atoms with Gasteiger partial charge in [0.05, 0.1) is 7.11 Å². The fraction of sp³-hybridized carbons (Fsp3) is 0.625. The molecule has 0 radical (unpaired) electrons. The molecule has 62 valence electrons. The maximum absolute atomic E-state index is 11.0. The van der Waals surface area contributed by atoms with Gasteiger partial charge in [-0.05, 0) is 12.8 Å². The van der Waals surface area contributed by atoms with Crippen LogP contribution in [-0.4, -0.2) is 23.8 Å². The summed E-state index contributed by atoms with van der Waals surface area (Å²) in [5, 5.41) is 9.61. The number of ether oxygens (including phenoxy) is 1. The van der Waals surface area contributed by atoms with Gasteiger partial charge < -0.3 is 9.84 Å². The molecular weight excluding hydrogens is 146 g/mol. The second kappa shape index (κ2) is 3.05. The Balaban J connectivity index is 2.66. The summed E-state index contributed by atoms with van der Waals surface area (Å²) in [6.07, 6.45) is 5.35. The molecule has 1 aliphatic rings. The van der Waals surface area contributed by atoms with Crippen molar-refractivity contribution < 1.29 is 14.6 Å². The number of rotatable bonds is 1. The summed E-state index contributed by atoms with van der Waals surface area (Å²) < 4.78 is 4.47. The van der Waals surface area contributed by atoms with Crippen molar-refractivity contribution in [1.82, 2.24) is 0 Å². The van der Waals surface area contributed by atoms with Crippen LogP contribution in [0.5, 0.6) is 0 Å². The Labute approximate surface area is 65.7 Å². The molecule has 0 spiro atoms. The largest absolute Gasteiger partial charge is 0.467 e. The van der Waals surface area contributed by atoms with Gasteiger partial charge in [-0.3, -0.25) is 0 Å². The molecule has 3 nitrogen and oxygen atoms in total. The van der Waals surface area contributed by atoms with Crippen molar-refractivity contribution in [3.8, 4) is 0 Å². The highest BCUT2D eigenvalue weighted by Crippen LogP contribution is 2.24. The molecule has 1 aliphatic carbocycles. The lowest BCUT2D eigenvalue weighted by Gasteiger charge is -2.25. The molecule has 0 fully saturated rings. The van der Waals surface area contributed by atoms with E-state index in [9.17, 15) is 9.90 Å². The first-order valence-corrected chi connectivity index (χ1v) is 3.65. The van der Waals surface area contributed by atoms with Crippen molar-refractivity contribution in [2.75, 3.05) is 7.11 Å². The van der Waals surface area contributed by atoms with Gasteiger partial charge in [0.1, 0.15) is 0 Å². The van der Waals surface area contributed by atoms with E-state index in [4.69, 9.17) is 0 Å². The van der Waals surface area contributed by atoms with Crippen LogP contribution in [0.3, 0.4) is 0 Å². The summed E-state index contributed by atoms with van der Waals surface area (Å²) in [7, 11) is 1.29. The van der Waals surface area contributed by atoms with Crippen molar-refractivity contribution in [3.63, 3.8) is 0 Å². The van der Waals surface area contributed by atoms with E-state index in [-0.39, 0.29) is 0 Å². The quantitative estimate of drug-likeness (QED) is 0.346. The first-order valence-electron chi connectivity index (χ1n) is 3.65. The van der Waals surface area contributed by atoms with E-state index in [2.05, 4.69) is 4.74 Å². The molecule has 0 aromatic carbocycles. The van der Waals surface area contributed by atoms with Gasteiger partial charge in [-0.1, -0.05) is 12.2 Å². The van der Waals surface area contributed by atoms with Crippen LogP contribution in [-0.2, 0) is 9.53 Å². The molecule has 0 saturated heterocycles. The zero-order valence-electron chi connectivity index (χ0n) is 6.54. The Kier molecular flexibility index (Phi) is 2.29. The zero-order chi connectivity index (χ0) is 8.32. The smallest absolute Gasteiger partial charge is 0.338 e. The van der Waals surface area contributed by atoms with Crippen LogP contribution in [0.4, 0.5) is 0 Å². The summed E-state index contributed by atoms with van der Waals surface area (Å²) >= 11 is 0. The molecule has 0 aromatic heterocycles. The third-order valence-electron chi connectivity index (χ3n) is 1.91. The van der Waals surface area contributed by atoms with Crippen LogP contribution in [0, 0.1) is 0 Å². The Hall–Kier alpha value is -0.830. The van der Waals surface area contributed by atoms with Crippen molar-refractivity contribution in [1.29, 1.82) is 0 Å². The number of methoxy groups -OCH3 is 1. The second-order valence-corrected chi connectivity index (χ2v) is 2.74. The normalized spacial score (nSPS) is 30.0. The fourth-order valence-electron chi connectivity index (χ4n) is 1.20. The standard InChI is InChI=1S/C8H12O3/c1-11-7(9)8(10)5-3-2-4-6-8/h2-3,10H,4-6H2,1H3/t8-/m0/s1/i7+1,8+1. The molecule has 0 unspecified atom stereocenters. The molecule has 0 aromatic rings.